The van der Waals surface area contributed by atoms with Crippen LogP contribution in [0, 0.1) is 11.8 Å². The van der Waals surface area contributed by atoms with Gasteiger partial charge in [0.1, 0.15) is 5.92 Å². The number of nitrogens with zero attached hydrogens (tertiary/aromatic N) is 2. The number of nitrogens with one attached hydrogen (secondary N) is 1. The number of carbonyl (C=O) groups excluding carboxylic acids is 1. The third-order valence-electron chi connectivity index (χ3n) is 3.20. The molecule has 0 radical (unpaired) electrons. The number of carbonyl (C=O) groups is 1. The predicted octanol–water partition coefficient (Wildman–Crippen LogP) is 0.852. The van der Waals surface area contributed by atoms with Gasteiger partial charge in [-0.05, 0) is 25.9 Å². The zero-order valence-electron chi connectivity index (χ0n) is 12.7. The largest absolute Gasteiger partial charge is 0.409 e. The molecule has 0 aromatic carbocycles. The number of likely N-dealkylation sites (N-methyl/N-ethyl adjacent to an activating group) is 1. The molecule has 0 fully saturated rings. The minimum Gasteiger partial charge on any atom is -0.409 e. The van der Waals surface area contributed by atoms with Crippen LogP contribution in [0.25, 0.3) is 0 Å². The van der Waals surface area contributed by atoms with Crippen molar-refractivity contribution in [2.75, 3.05) is 19.6 Å². The molecule has 0 saturated carbocycles. The molecule has 0 bridgehead atoms. The number of amides is 1. The normalized spacial score (nSPS) is 15.6. The number of hydrogen-bond donors (Lipinski definition) is 3. The molecular formula is C13H28N4O2. The molecular weight excluding hydrogens is 244 g/mol. The zero-order valence-corrected chi connectivity index (χ0v) is 12.7. The van der Waals surface area contributed by atoms with E-state index in [1.54, 1.807) is 0 Å². The van der Waals surface area contributed by atoms with Crippen LogP contribution >= 0.6 is 0 Å². The van der Waals surface area contributed by atoms with Crippen molar-refractivity contribution >= 4 is 11.7 Å². The van der Waals surface area contributed by atoms with Crippen LogP contribution < -0.4 is 11.1 Å². The van der Waals surface area contributed by atoms with Crippen molar-refractivity contribution in [2.45, 2.75) is 40.7 Å². The second kappa shape index (κ2) is 8.74. The quantitative estimate of drug-likeness (QED) is 0.264. The molecule has 6 heteroatoms. The third-order valence-corrected chi connectivity index (χ3v) is 3.20. The molecule has 0 rings (SSSR count). The Hall–Kier alpha value is -1.30. The van der Waals surface area contributed by atoms with Crippen molar-refractivity contribution < 1.29 is 10.0 Å². The first-order valence-electron chi connectivity index (χ1n) is 6.87. The summed E-state index contributed by atoms with van der Waals surface area (Å²) in [6, 6.07) is 0.0279. The second-order valence-electron chi connectivity index (χ2n) is 5.14. The van der Waals surface area contributed by atoms with Crippen LogP contribution in [0.4, 0.5) is 0 Å². The van der Waals surface area contributed by atoms with Gasteiger partial charge in [-0.1, -0.05) is 32.9 Å². The highest BCUT2D eigenvalue weighted by molar-refractivity contribution is 6.02. The Morgan fingerprint density at radius 2 is 1.84 bits per heavy atom. The minimum atomic E-state index is -0.593. The third kappa shape index (κ3) is 5.92. The van der Waals surface area contributed by atoms with Crippen molar-refractivity contribution in [3.8, 4) is 0 Å². The summed E-state index contributed by atoms with van der Waals surface area (Å²) < 4.78 is 0. The van der Waals surface area contributed by atoms with E-state index in [4.69, 9.17) is 10.9 Å². The molecule has 0 aliphatic rings. The summed E-state index contributed by atoms with van der Waals surface area (Å²) in [5.41, 5.74) is 5.58. The summed E-state index contributed by atoms with van der Waals surface area (Å²) in [5, 5.41) is 14.6. The van der Waals surface area contributed by atoms with Gasteiger partial charge in [0.15, 0.2) is 5.84 Å². The molecule has 0 saturated heterocycles. The number of oxime groups is 1. The van der Waals surface area contributed by atoms with Crippen molar-refractivity contribution in [3.05, 3.63) is 0 Å². The lowest BCUT2D eigenvalue weighted by molar-refractivity contribution is -0.124. The van der Waals surface area contributed by atoms with Gasteiger partial charge < -0.3 is 21.2 Å². The van der Waals surface area contributed by atoms with E-state index in [9.17, 15) is 4.79 Å². The monoisotopic (exact) mass is 272 g/mol. The maximum absolute atomic E-state index is 12.2. The van der Waals surface area contributed by atoms with Gasteiger partial charge in [0, 0.05) is 12.6 Å². The van der Waals surface area contributed by atoms with Crippen LogP contribution in [0.15, 0.2) is 5.16 Å². The van der Waals surface area contributed by atoms with Gasteiger partial charge in [-0.25, -0.2) is 0 Å². The van der Waals surface area contributed by atoms with Gasteiger partial charge in [0.2, 0.25) is 5.91 Å². The van der Waals surface area contributed by atoms with E-state index in [2.05, 4.69) is 29.2 Å². The Labute approximate surface area is 116 Å². The molecule has 2 atom stereocenters. The Balaban J connectivity index is 4.56. The van der Waals surface area contributed by atoms with E-state index in [0.29, 0.717) is 0 Å². The van der Waals surface area contributed by atoms with Gasteiger partial charge in [-0.15, -0.1) is 0 Å². The average Bonchev–Trinajstić information content (AvgIpc) is 2.35. The molecule has 0 spiro atoms. The van der Waals surface area contributed by atoms with E-state index in [1.807, 2.05) is 20.8 Å². The summed E-state index contributed by atoms with van der Waals surface area (Å²) >= 11 is 0. The van der Waals surface area contributed by atoms with Crippen molar-refractivity contribution in [3.63, 3.8) is 0 Å². The summed E-state index contributed by atoms with van der Waals surface area (Å²) in [7, 11) is 0. The smallest absolute Gasteiger partial charge is 0.231 e. The predicted molar refractivity (Wildman–Crippen MR) is 77.1 cm³/mol. The molecule has 19 heavy (non-hydrogen) atoms. The molecule has 0 aromatic rings. The van der Waals surface area contributed by atoms with Gasteiger partial charge in [0.25, 0.3) is 0 Å². The number of hydrogen-bond acceptors (Lipinski definition) is 4. The molecule has 0 aromatic heterocycles. The van der Waals surface area contributed by atoms with E-state index in [0.717, 1.165) is 19.6 Å². The number of nitrogens with two attached hydrogens (primary N) is 1. The Bertz CT molecular complexity index is 301. The molecule has 0 aliphatic carbocycles. The highest BCUT2D eigenvalue weighted by Crippen LogP contribution is 2.11. The van der Waals surface area contributed by atoms with E-state index in [-0.39, 0.29) is 23.7 Å². The maximum Gasteiger partial charge on any atom is 0.231 e. The van der Waals surface area contributed by atoms with E-state index >= 15 is 0 Å². The highest BCUT2D eigenvalue weighted by atomic mass is 16.4. The Morgan fingerprint density at radius 3 is 2.21 bits per heavy atom. The van der Waals surface area contributed by atoms with Crippen molar-refractivity contribution in [2.24, 2.45) is 22.7 Å². The Morgan fingerprint density at radius 1 is 1.32 bits per heavy atom. The first-order chi connectivity index (χ1) is 8.87. The molecule has 2 unspecified atom stereocenters. The zero-order chi connectivity index (χ0) is 15.0. The van der Waals surface area contributed by atoms with E-state index in [1.165, 1.54) is 0 Å². The second-order valence-corrected chi connectivity index (χ2v) is 5.14. The fourth-order valence-electron chi connectivity index (χ4n) is 2.09. The molecule has 4 N–H and O–H groups in total. The van der Waals surface area contributed by atoms with Crippen LogP contribution in [0.1, 0.15) is 34.6 Å². The Kier molecular flexibility index (Phi) is 8.14. The topological polar surface area (TPSA) is 91.0 Å². The van der Waals surface area contributed by atoms with Crippen LogP contribution in [-0.2, 0) is 4.79 Å². The van der Waals surface area contributed by atoms with Gasteiger partial charge >= 0.3 is 0 Å². The fraction of sp³-hybridized carbons (Fsp3) is 0.846. The molecule has 112 valence electrons. The highest BCUT2D eigenvalue weighted by Gasteiger charge is 2.27. The SMILES string of the molecule is CCN(CC)CC(C)NC(=O)C(C(N)=NO)C(C)C. The summed E-state index contributed by atoms with van der Waals surface area (Å²) in [6.45, 7) is 12.6. The average molecular weight is 272 g/mol. The molecule has 0 aliphatic heterocycles. The summed E-state index contributed by atoms with van der Waals surface area (Å²) in [6.07, 6.45) is 0. The number of rotatable bonds is 8. The van der Waals surface area contributed by atoms with Gasteiger partial charge in [-0.3, -0.25) is 4.79 Å². The first-order valence-corrected chi connectivity index (χ1v) is 6.87. The van der Waals surface area contributed by atoms with E-state index < -0.39 is 5.92 Å². The van der Waals surface area contributed by atoms with Gasteiger partial charge in [0.05, 0.1) is 0 Å². The summed E-state index contributed by atoms with van der Waals surface area (Å²) in [5.74, 6) is -0.840. The van der Waals surface area contributed by atoms with Crippen molar-refractivity contribution in [1.82, 2.24) is 10.2 Å². The molecule has 6 nitrogen and oxygen atoms in total. The molecule has 0 heterocycles. The maximum atomic E-state index is 12.2. The summed E-state index contributed by atoms with van der Waals surface area (Å²) in [4.78, 5) is 14.4. The van der Waals surface area contributed by atoms with Gasteiger partial charge in [-0.2, -0.15) is 0 Å². The lowest BCUT2D eigenvalue weighted by Gasteiger charge is -2.26. The van der Waals surface area contributed by atoms with Crippen LogP contribution in [0.5, 0.6) is 0 Å². The lowest BCUT2D eigenvalue weighted by atomic mass is 9.93. The number of amidine groups is 1. The van der Waals surface area contributed by atoms with Crippen LogP contribution in [-0.4, -0.2) is 47.5 Å². The lowest BCUT2D eigenvalue weighted by Crippen LogP contribution is -2.48. The first kappa shape index (κ1) is 17.7. The van der Waals surface area contributed by atoms with Crippen molar-refractivity contribution in [1.29, 1.82) is 0 Å². The van der Waals surface area contributed by atoms with Crippen LogP contribution in [0.2, 0.25) is 0 Å². The molecule has 1 amide bonds. The van der Waals surface area contributed by atoms with Crippen LogP contribution in [0.3, 0.4) is 0 Å². The fourth-order valence-corrected chi connectivity index (χ4v) is 2.09. The minimum absolute atomic E-state index is 0.0171. The standard InChI is InChI=1S/C13H28N4O2/c1-6-17(7-2)8-10(5)15-13(18)11(9(3)4)12(14)16-19/h9-11,19H,6-8H2,1-5H3,(H2,14,16)(H,15,18).